The van der Waals surface area contributed by atoms with Crippen molar-refractivity contribution in [1.29, 1.82) is 0 Å². The van der Waals surface area contributed by atoms with Gasteiger partial charge in [0, 0.05) is 5.69 Å². The Morgan fingerprint density at radius 2 is 1.52 bits per heavy atom. The molecule has 0 saturated carbocycles. The molecule has 0 aromatic heterocycles. The van der Waals surface area contributed by atoms with Gasteiger partial charge in [-0.1, -0.05) is 58.0 Å². The molecule has 0 saturated heterocycles. The quantitative estimate of drug-likeness (QED) is 0.778. The second-order valence-corrected chi connectivity index (χ2v) is 6.52. The zero-order valence-electron chi connectivity index (χ0n) is 14.3. The molecule has 23 heavy (non-hydrogen) atoms. The SMILES string of the molecule is CC(C)c1cc(NC(=O)Cc2ccccc2)cc(C(C)C)c1O. The average molecular weight is 311 g/mol. The van der Waals surface area contributed by atoms with Crippen LogP contribution in [0.2, 0.25) is 0 Å². The predicted octanol–water partition coefficient (Wildman–Crippen LogP) is 4.82. The molecule has 0 fully saturated rings. The van der Waals surface area contributed by atoms with Crippen LogP contribution >= 0.6 is 0 Å². The van der Waals surface area contributed by atoms with Crippen molar-refractivity contribution in [3.05, 3.63) is 59.2 Å². The first-order valence-corrected chi connectivity index (χ1v) is 8.09. The van der Waals surface area contributed by atoms with Crippen LogP contribution < -0.4 is 5.32 Å². The fourth-order valence-corrected chi connectivity index (χ4v) is 2.62. The third-order valence-electron chi connectivity index (χ3n) is 3.90. The minimum absolute atomic E-state index is 0.0497. The lowest BCUT2D eigenvalue weighted by Crippen LogP contribution is -2.15. The number of anilines is 1. The summed E-state index contributed by atoms with van der Waals surface area (Å²) in [5, 5.41) is 13.4. The summed E-state index contributed by atoms with van der Waals surface area (Å²) in [5.41, 5.74) is 3.46. The van der Waals surface area contributed by atoms with Gasteiger partial charge < -0.3 is 10.4 Å². The van der Waals surface area contributed by atoms with E-state index < -0.39 is 0 Å². The number of hydrogen-bond acceptors (Lipinski definition) is 2. The van der Waals surface area contributed by atoms with Gasteiger partial charge in [0.2, 0.25) is 5.91 Å². The molecule has 0 unspecified atom stereocenters. The van der Waals surface area contributed by atoms with Gasteiger partial charge in [0.05, 0.1) is 6.42 Å². The van der Waals surface area contributed by atoms with E-state index in [4.69, 9.17) is 0 Å². The number of aromatic hydroxyl groups is 1. The Hall–Kier alpha value is -2.29. The first-order chi connectivity index (χ1) is 10.9. The van der Waals surface area contributed by atoms with Crippen molar-refractivity contribution in [2.45, 2.75) is 46.0 Å². The highest BCUT2D eigenvalue weighted by Gasteiger charge is 2.16. The van der Waals surface area contributed by atoms with E-state index >= 15 is 0 Å². The average Bonchev–Trinajstić information content (AvgIpc) is 2.49. The van der Waals surface area contributed by atoms with Gasteiger partial charge in [0.1, 0.15) is 5.75 Å². The van der Waals surface area contributed by atoms with Crippen molar-refractivity contribution in [3.8, 4) is 5.75 Å². The number of phenols is 1. The number of hydrogen-bond donors (Lipinski definition) is 2. The zero-order chi connectivity index (χ0) is 17.0. The minimum Gasteiger partial charge on any atom is -0.507 e. The first-order valence-electron chi connectivity index (χ1n) is 8.09. The summed E-state index contributed by atoms with van der Waals surface area (Å²) in [6.07, 6.45) is 0.343. The van der Waals surface area contributed by atoms with Crippen molar-refractivity contribution >= 4 is 11.6 Å². The Kier molecular flexibility index (Phi) is 5.43. The van der Waals surface area contributed by atoms with Gasteiger partial charge in [-0.2, -0.15) is 0 Å². The second kappa shape index (κ2) is 7.32. The van der Waals surface area contributed by atoms with Crippen LogP contribution in [0.25, 0.3) is 0 Å². The molecule has 2 rings (SSSR count). The molecule has 0 spiro atoms. The predicted molar refractivity (Wildman–Crippen MR) is 95.1 cm³/mol. The Morgan fingerprint density at radius 1 is 1.00 bits per heavy atom. The molecule has 0 bridgehead atoms. The summed E-state index contributed by atoms with van der Waals surface area (Å²) in [6.45, 7) is 8.15. The van der Waals surface area contributed by atoms with E-state index in [0.717, 1.165) is 22.4 Å². The number of phenolic OH excluding ortho intramolecular Hbond substituents is 1. The van der Waals surface area contributed by atoms with Crippen molar-refractivity contribution in [1.82, 2.24) is 0 Å². The van der Waals surface area contributed by atoms with Gasteiger partial charge in [-0.05, 0) is 40.7 Å². The van der Waals surface area contributed by atoms with Crippen LogP contribution in [0.5, 0.6) is 5.75 Å². The maximum atomic E-state index is 12.3. The third kappa shape index (κ3) is 4.35. The Balaban J connectivity index is 2.23. The largest absolute Gasteiger partial charge is 0.507 e. The van der Waals surface area contributed by atoms with Gasteiger partial charge in [0.25, 0.3) is 0 Å². The second-order valence-electron chi connectivity index (χ2n) is 6.52. The summed E-state index contributed by atoms with van der Waals surface area (Å²) < 4.78 is 0. The lowest BCUT2D eigenvalue weighted by atomic mass is 9.93. The zero-order valence-corrected chi connectivity index (χ0v) is 14.3. The van der Waals surface area contributed by atoms with Crippen molar-refractivity contribution in [2.75, 3.05) is 5.32 Å². The maximum Gasteiger partial charge on any atom is 0.228 e. The number of nitrogens with one attached hydrogen (secondary N) is 1. The van der Waals surface area contributed by atoms with E-state index in [9.17, 15) is 9.90 Å². The van der Waals surface area contributed by atoms with Gasteiger partial charge in [-0.3, -0.25) is 4.79 Å². The van der Waals surface area contributed by atoms with E-state index in [2.05, 4.69) is 5.32 Å². The van der Waals surface area contributed by atoms with E-state index in [1.165, 1.54) is 0 Å². The molecule has 0 aliphatic carbocycles. The molecular formula is C20H25NO2. The molecule has 3 nitrogen and oxygen atoms in total. The molecule has 0 atom stereocenters. The fraction of sp³-hybridized carbons (Fsp3) is 0.350. The fourth-order valence-electron chi connectivity index (χ4n) is 2.62. The Labute approximate surface area is 138 Å². The van der Waals surface area contributed by atoms with Crippen LogP contribution in [-0.2, 0) is 11.2 Å². The van der Waals surface area contributed by atoms with E-state index in [-0.39, 0.29) is 17.7 Å². The van der Waals surface area contributed by atoms with Crippen molar-refractivity contribution in [2.24, 2.45) is 0 Å². The Morgan fingerprint density at radius 3 is 2.00 bits per heavy atom. The maximum absolute atomic E-state index is 12.3. The molecule has 0 heterocycles. The molecule has 0 radical (unpaired) electrons. The number of amides is 1. The monoisotopic (exact) mass is 311 g/mol. The summed E-state index contributed by atoms with van der Waals surface area (Å²) in [5.74, 6) is 0.680. The Bertz CT molecular complexity index is 646. The summed E-state index contributed by atoms with van der Waals surface area (Å²) in [4.78, 5) is 12.3. The molecule has 2 aromatic rings. The number of carbonyl (C=O) groups excluding carboxylic acids is 1. The highest BCUT2D eigenvalue weighted by atomic mass is 16.3. The lowest BCUT2D eigenvalue weighted by molar-refractivity contribution is -0.115. The molecule has 2 N–H and O–H groups in total. The minimum atomic E-state index is -0.0497. The van der Waals surface area contributed by atoms with Crippen LogP contribution in [0.15, 0.2) is 42.5 Å². The smallest absolute Gasteiger partial charge is 0.228 e. The molecule has 0 aliphatic heterocycles. The summed E-state index contributed by atoms with van der Waals surface area (Å²) in [7, 11) is 0. The molecule has 122 valence electrons. The van der Waals surface area contributed by atoms with Crippen LogP contribution in [0.3, 0.4) is 0 Å². The van der Waals surface area contributed by atoms with Gasteiger partial charge in [0.15, 0.2) is 0 Å². The van der Waals surface area contributed by atoms with Crippen LogP contribution in [0, 0.1) is 0 Å². The topological polar surface area (TPSA) is 49.3 Å². The molecular weight excluding hydrogens is 286 g/mol. The van der Waals surface area contributed by atoms with Crippen molar-refractivity contribution in [3.63, 3.8) is 0 Å². The molecule has 2 aromatic carbocycles. The van der Waals surface area contributed by atoms with Crippen LogP contribution in [-0.4, -0.2) is 11.0 Å². The summed E-state index contributed by atoms with van der Waals surface area (Å²) in [6, 6.07) is 13.4. The molecule has 0 aliphatic rings. The summed E-state index contributed by atoms with van der Waals surface area (Å²) >= 11 is 0. The molecule has 3 heteroatoms. The lowest BCUT2D eigenvalue weighted by Gasteiger charge is -2.18. The van der Waals surface area contributed by atoms with Gasteiger partial charge in [-0.15, -0.1) is 0 Å². The molecule has 1 amide bonds. The number of carbonyl (C=O) groups is 1. The number of rotatable bonds is 5. The normalized spacial score (nSPS) is 11.0. The van der Waals surface area contributed by atoms with E-state index in [1.807, 2.05) is 70.2 Å². The van der Waals surface area contributed by atoms with Crippen molar-refractivity contribution < 1.29 is 9.90 Å². The van der Waals surface area contributed by atoms with E-state index in [0.29, 0.717) is 12.2 Å². The third-order valence-corrected chi connectivity index (χ3v) is 3.90. The first kappa shape index (κ1) is 17.1. The van der Waals surface area contributed by atoms with Crippen LogP contribution in [0.1, 0.15) is 56.2 Å². The van der Waals surface area contributed by atoms with Gasteiger partial charge in [-0.25, -0.2) is 0 Å². The van der Waals surface area contributed by atoms with Gasteiger partial charge >= 0.3 is 0 Å². The standard InChI is InChI=1S/C20H25NO2/c1-13(2)17-11-16(12-18(14(3)4)20(17)23)21-19(22)10-15-8-6-5-7-9-15/h5-9,11-14,23H,10H2,1-4H3,(H,21,22). The van der Waals surface area contributed by atoms with Crippen LogP contribution in [0.4, 0.5) is 5.69 Å². The van der Waals surface area contributed by atoms with E-state index in [1.54, 1.807) is 0 Å². The highest BCUT2D eigenvalue weighted by molar-refractivity contribution is 5.92. The highest BCUT2D eigenvalue weighted by Crippen LogP contribution is 2.36. The number of benzene rings is 2.